The smallest absolute Gasteiger partial charge is 0.128 e. The highest BCUT2D eigenvalue weighted by Crippen LogP contribution is 2.30. The fourth-order valence-corrected chi connectivity index (χ4v) is 2.94. The van der Waals surface area contributed by atoms with Gasteiger partial charge in [-0.1, -0.05) is 41.9 Å². The first kappa shape index (κ1) is 14.0. The number of nitrogens with zero attached hydrogens (tertiary/aromatic N) is 1. The first-order chi connectivity index (χ1) is 10.2. The molecular formula is C18H18ClNO. The van der Waals surface area contributed by atoms with E-state index >= 15 is 0 Å². The molecule has 3 heteroatoms. The molecule has 3 rings (SSSR count). The summed E-state index contributed by atoms with van der Waals surface area (Å²) in [6, 6.07) is 18.4. The lowest BCUT2D eigenvalue weighted by molar-refractivity contribution is 0.293. The maximum Gasteiger partial charge on any atom is 0.128 e. The summed E-state index contributed by atoms with van der Waals surface area (Å²) >= 11 is 6.38. The fourth-order valence-electron chi connectivity index (χ4n) is 2.67. The van der Waals surface area contributed by atoms with Gasteiger partial charge in [0.2, 0.25) is 0 Å². The van der Waals surface area contributed by atoms with E-state index in [0.29, 0.717) is 12.6 Å². The molecule has 0 aliphatic heterocycles. The Labute approximate surface area is 129 Å². The summed E-state index contributed by atoms with van der Waals surface area (Å²) in [5, 5.41) is 1.94. The van der Waals surface area contributed by atoms with Crippen LogP contribution in [0.1, 0.15) is 25.6 Å². The Bertz CT molecular complexity index is 747. The predicted octanol–water partition coefficient (Wildman–Crippen LogP) is 5.45. The van der Waals surface area contributed by atoms with Crippen LogP contribution in [-0.2, 0) is 6.61 Å². The van der Waals surface area contributed by atoms with Gasteiger partial charge in [-0.05, 0) is 38.1 Å². The maximum atomic E-state index is 6.38. The number of halogens is 1. The largest absolute Gasteiger partial charge is 0.487 e. The average Bonchev–Trinajstić information content (AvgIpc) is 2.86. The summed E-state index contributed by atoms with van der Waals surface area (Å²) < 4.78 is 8.14. The third-order valence-electron chi connectivity index (χ3n) is 3.54. The molecule has 0 amide bonds. The Balaban J connectivity index is 1.98. The van der Waals surface area contributed by atoms with Crippen molar-refractivity contribution in [2.24, 2.45) is 0 Å². The number of hydrogen-bond donors (Lipinski definition) is 0. The van der Waals surface area contributed by atoms with Gasteiger partial charge < -0.3 is 9.30 Å². The van der Waals surface area contributed by atoms with Gasteiger partial charge in [0.15, 0.2) is 0 Å². The van der Waals surface area contributed by atoms with Crippen LogP contribution in [0.3, 0.4) is 0 Å². The minimum Gasteiger partial charge on any atom is -0.487 e. The highest BCUT2D eigenvalue weighted by molar-refractivity contribution is 6.35. The fraction of sp³-hybridized carbons (Fsp3) is 0.222. The normalized spacial score (nSPS) is 11.2. The van der Waals surface area contributed by atoms with Gasteiger partial charge in [0.25, 0.3) is 0 Å². The molecule has 1 aromatic heterocycles. The molecule has 0 fully saturated rings. The van der Waals surface area contributed by atoms with Crippen LogP contribution in [0.2, 0.25) is 5.02 Å². The number of aromatic nitrogens is 1. The van der Waals surface area contributed by atoms with E-state index in [2.05, 4.69) is 30.5 Å². The van der Waals surface area contributed by atoms with Gasteiger partial charge in [-0.2, -0.15) is 0 Å². The highest BCUT2D eigenvalue weighted by Gasteiger charge is 2.14. The van der Waals surface area contributed by atoms with E-state index in [9.17, 15) is 0 Å². The molecule has 2 aromatic carbocycles. The first-order valence-electron chi connectivity index (χ1n) is 7.13. The van der Waals surface area contributed by atoms with Crippen LogP contribution < -0.4 is 4.74 Å². The van der Waals surface area contributed by atoms with Gasteiger partial charge in [-0.25, -0.2) is 0 Å². The van der Waals surface area contributed by atoms with Gasteiger partial charge in [0, 0.05) is 11.4 Å². The van der Waals surface area contributed by atoms with Crippen LogP contribution in [-0.4, -0.2) is 4.57 Å². The monoisotopic (exact) mass is 299 g/mol. The van der Waals surface area contributed by atoms with Crippen molar-refractivity contribution in [1.82, 2.24) is 4.57 Å². The van der Waals surface area contributed by atoms with Crippen molar-refractivity contribution in [3.63, 3.8) is 0 Å². The topological polar surface area (TPSA) is 14.2 Å². The van der Waals surface area contributed by atoms with Gasteiger partial charge in [0.1, 0.15) is 12.4 Å². The standard InChI is InChI=1S/C18H18ClNO/c1-13(2)20-15(12-21-16-8-4-3-5-9-16)11-14-7-6-10-17(19)18(14)20/h3-11,13H,12H2,1-2H3. The number of benzene rings is 2. The van der Waals surface area contributed by atoms with E-state index < -0.39 is 0 Å². The highest BCUT2D eigenvalue weighted by atomic mass is 35.5. The van der Waals surface area contributed by atoms with Crippen LogP contribution in [0.25, 0.3) is 10.9 Å². The Morgan fingerprint density at radius 2 is 1.81 bits per heavy atom. The quantitative estimate of drug-likeness (QED) is 0.624. The lowest BCUT2D eigenvalue weighted by atomic mass is 10.2. The van der Waals surface area contributed by atoms with Crippen molar-refractivity contribution in [2.45, 2.75) is 26.5 Å². The number of rotatable bonds is 4. The molecule has 0 aliphatic rings. The Kier molecular flexibility index (Phi) is 3.89. The van der Waals surface area contributed by atoms with Crippen molar-refractivity contribution in [1.29, 1.82) is 0 Å². The minimum atomic E-state index is 0.330. The van der Waals surface area contributed by atoms with E-state index in [1.165, 1.54) is 0 Å². The third-order valence-corrected chi connectivity index (χ3v) is 3.84. The lowest BCUT2D eigenvalue weighted by Gasteiger charge is -2.16. The summed E-state index contributed by atoms with van der Waals surface area (Å²) in [7, 11) is 0. The van der Waals surface area contributed by atoms with Crippen LogP contribution in [0.4, 0.5) is 0 Å². The van der Waals surface area contributed by atoms with E-state index in [1.807, 2.05) is 42.5 Å². The van der Waals surface area contributed by atoms with Gasteiger partial charge in [-0.3, -0.25) is 0 Å². The first-order valence-corrected chi connectivity index (χ1v) is 7.51. The van der Waals surface area contributed by atoms with Crippen molar-refractivity contribution in [3.05, 3.63) is 65.3 Å². The van der Waals surface area contributed by atoms with Crippen molar-refractivity contribution in [2.75, 3.05) is 0 Å². The SMILES string of the molecule is CC(C)n1c(COc2ccccc2)cc2cccc(Cl)c21. The molecule has 0 N–H and O–H groups in total. The van der Waals surface area contributed by atoms with Crippen molar-refractivity contribution < 1.29 is 4.74 Å². The van der Waals surface area contributed by atoms with E-state index in [0.717, 1.165) is 27.4 Å². The van der Waals surface area contributed by atoms with Gasteiger partial charge in [0.05, 0.1) is 16.2 Å². The molecule has 0 radical (unpaired) electrons. The molecule has 0 bridgehead atoms. The van der Waals surface area contributed by atoms with Crippen LogP contribution in [0.5, 0.6) is 5.75 Å². The maximum absolute atomic E-state index is 6.38. The molecule has 3 aromatic rings. The number of para-hydroxylation sites is 2. The van der Waals surface area contributed by atoms with Gasteiger partial charge >= 0.3 is 0 Å². The summed E-state index contributed by atoms with van der Waals surface area (Å²) in [6.07, 6.45) is 0. The number of ether oxygens (including phenoxy) is 1. The number of hydrogen-bond acceptors (Lipinski definition) is 1. The van der Waals surface area contributed by atoms with Crippen LogP contribution in [0, 0.1) is 0 Å². The summed E-state index contributed by atoms with van der Waals surface area (Å²) in [5.74, 6) is 0.879. The molecule has 0 unspecified atom stereocenters. The van der Waals surface area contributed by atoms with Crippen LogP contribution in [0.15, 0.2) is 54.6 Å². The molecule has 21 heavy (non-hydrogen) atoms. The molecule has 0 saturated heterocycles. The summed E-state index contributed by atoms with van der Waals surface area (Å²) in [6.45, 7) is 4.86. The molecule has 0 aliphatic carbocycles. The van der Waals surface area contributed by atoms with Crippen LogP contribution >= 0.6 is 11.6 Å². The summed E-state index contributed by atoms with van der Waals surface area (Å²) in [4.78, 5) is 0. The van der Waals surface area contributed by atoms with Gasteiger partial charge in [-0.15, -0.1) is 0 Å². The predicted molar refractivity (Wildman–Crippen MR) is 88.1 cm³/mol. The second-order valence-electron chi connectivity index (χ2n) is 5.38. The second kappa shape index (κ2) is 5.82. The summed E-state index contributed by atoms with van der Waals surface area (Å²) in [5.41, 5.74) is 2.22. The van der Waals surface area contributed by atoms with Crippen molar-refractivity contribution >= 4 is 22.5 Å². The van der Waals surface area contributed by atoms with E-state index in [-0.39, 0.29) is 0 Å². The lowest BCUT2D eigenvalue weighted by Crippen LogP contribution is -2.08. The Hall–Kier alpha value is -1.93. The minimum absolute atomic E-state index is 0.330. The zero-order chi connectivity index (χ0) is 14.8. The zero-order valence-electron chi connectivity index (χ0n) is 12.2. The molecule has 1 heterocycles. The molecular weight excluding hydrogens is 282 g/mol. The molecule has 108 valence electrons. The molecule has 0 spiro atoms. The molecule has 0 saturated carbocycles. The van der Waals surface area contributed by atoms with E-state index in [4.69, 9.17) is 16.3 Å². The molecule has 2 nitrogen and oxygen atoms in total. The Morgan fingerprint density at radius 1 is 1.05 bits per heavy atom. The second-order valence-corrected chi connectivity index (χ2v) is 5.79. The van der Waals surface area contributed by atoms with E-state index in [1.54, 1.807) is 0 Å². The third kappa shape index (κ3) is 2.77. The molecule has 0 atom stereocenters. The van der Waals surface area contributed by atoms with Crippen molar-refractivity contribution in [3.8, 4) is 5.75 Å². The number of fused-ring (bicyclic) bond motifs is 1. The Morgan fingerprint density at radius 3 is 2.52 bits per heavy atom. The zero-order valence-corrected chi connectivity index (χ0v) is 13.0. The average molecular weight is 300 g/mol.